The Kier molecular flexibility index (Phi) is 7.13. The van der Waals surface area contributed by atoms with Gasteiger partial charge >= 0.3 is 0 Å². The van der Waals surface area contributed by atoms with Gasteiger partial charge in [-0.25, -0.2) is 0 Å². The number of hydrogen-bond acceptors (Lipinski definition) is 2. The Labute approximate surface area is 146 Å². The third-order valence-electron chi connectivity index (χ3n) is 3.90. The molecule has 0 bridgehead atoms. The number of aryl methyl sites for hydroxylation is 2. The van der Waals surface area contributed by atoms with E-state index < -0.39 is 10.8 Å². The van der Waals surface area contributed by atoms with Crippen LogP contribution >= 0.6 is 11.6 Å². The number of rotatable bonds is 8. The van der Waals surface area contributed by atoms with Gasteiger partial charge < -0.3 is 5.32 Å². The first-order valence-corrected chi connectivity index (χ1v) is 9.63. The molecule has 0 aliphatic rings. The average molecular weight is 350 g/mol. The highest BCUT2D eigenvalue weighted by molar-refractivity contribution is 7.87. The second-order valence-electron chi connectivity index (χ2n) is 5.67. The maximum absolute atomic E-state index is 12.4. The topological polar surface area (TPSA) is 29.1 Å². The number of nitrogens with one attached hydrogen (secondary N) is 1. The molecule has 0 saturated heterocycles. The molecular weight excluding hydrogens is 326 g/mol. The number of benzene rings is 2. The van der Waals surface area contributed by atoms with E-state index in [1.54, 1.807) is 0 Å². The van der Waals surface area contributed by atoms with Gasteiger partial charge in [0.15, 0.2) is 0 Å². The van der Waals surface area contributed by atoms with Crippen LogP contribution in [0.25, 0.3) is 0 Å². The summed E-state index contributed by atoms with van der Waals surface area (Å²) in [6, 6.07) is 16.1. The van der Waals surface area contributed by atoms with Crippen LogP contribution in [0.15, 0.2) is 53.4 Å². The summed E-state index contributed by atoms with van der Waals surface area (Å²) in [4.78, 5) is 0.816. The summed E-state index contributed by atoms with van der Waals surface area (Å²) in [5, 5.41) is 3.21. The van der Waals surface area contributed by atoms with Crippen LogP contribution in [-0.2, 0) is 17.2 Å². The van der Waals surface area contributed by atoms with E-state index in [1.807, 2.05) is 44.3 Å². The van der Waals surface area contributed by atoms with E-state index in [1.165, 1.54) is 16.8 Å². The first-order valence-electron chi connectivity index (χ1n) is 7.99. The lowest BCUT2D eigenvalue weighted by Crippen LogP contribution is -2.08. The van der Waals surface area contributed by atoms with Crippen LogP contribution in [0.5, 0.6) is 0 Å². The van der Waals surface area contributed by atoms with E-state index in [9.17, 15) is 4.21 Å². The van der Waals surface area contributed by atoms with Crippen molar-refractivity contribution in [2.75, 3.05) is 12.4 Å². The summed E-state index contributed by atoms with van der Waals surface area (Å²) in [6.07, 6.45) is 3.80. The van der Waals surface area contributed by atoms with Crippen LogP contribution in [0.1, 0.15) is 30.4 Å². The van der Waals surface area contributed by atoms with Crippen LogP contribution < -0.4 is 5.32 Å². The molecule has 23 heavy (non-hydrogen) atoms. The van der Waals surface area contributed by atoms with E-state index in [2.05, 4.69) is 23.5 Å². The summed E-state index contributed by atoms with van der Waals surface area (Å²) in [7, 11) is 0.806. The van der Waals surface area contributed by atoms with Crippen molar-refractivity contribution in [3.63, 3.8) is 0 Å². The molecule has 2 aromatic rings. The number of anilines is 1. The molecule has 0 spiro atoms. The predicted molar refractivity (Wildman–Crippen MR) is 101 cm³/mol. The minimum Gasteiger partial charge on any atom is -0.388 e. The number of para-hydroxylation sites is 1. The van der Waals surface area contributed by atoms with Crippen molar-refractivity contribution in [1.82, 2.24) is 0 Å². The van der Waals surface area contributed by atoms with Crippen molar-refractivity contribution in [2.24, 2.45) is 0 Å². The molecule has 4 heteroatoms. The molecule has 0 fully saturated rings. The largest absolute Gasteiger partial charge is 0.388 e. The molecule has 0 radical (unpaired) electrons. The highest BCUT2D eigenvalue weighted by Crippen LogP contribution is 2.21. The Morgan fingerprint density at radius 1 is 1.09 bits per heavy atom. The number of hydrogen-bond donors (Lipinski definition) is 1. The van der Waals surface area contributed by atoms with E-state index in [-0.39, 0.29) is 4.71 Å². The summed E-state index contributed by atoms with van der Waals surface area (Å²) < 4.78 is 12.1. The molecule has 124 valence electrons. The zero-order valence-corrected chi connectivity index (χ0v) is 15.3. The van der Waals surface area contributed by atoms with Gasteiger partial charge in [0.05, 0.1) is 10.8 Å². The fraction of sp³-hybridized carbons (Fsp3) is 0.368. The Hall–Kier alpha value is -1.32. The van der Waals surface area contributed by atoms with E-state index in [0.29, 0.717) is 0 Å². The Balaban J connectivity index is 1.79. The maximum Gasteiger partial charge on any atom is 0.113 e. The smallest absolute Gasteiger partial charge is 0.113 e. The standard InChI is InChI=1S/C19H24ClNOS/c1-15-11-13-17(14-12-15)23(22)19(20)10-6-4-8-16-7-3-5-9-18(16)21-2/h3,5,7,9,11-14,19,21H,4,6,8,10H2,1-2H3. The Morgan fingerprint density at radius 3 is 2.48 bits per heavy atom. The molecule has 0 heterocycles. The first-order chi connectivity index (χ1) is 11.1. The van der Waals surface area contributed by atoms with E-state index >= 15 is 0 Å². The van der Waals surface area contributed by atoms with Crippen molar-refractivity contribution in [3.8, 4) is 0 Å². The monoisotopic (exact) mass is 349 g/mol. The van der Waals surface area contributed by atoms with Gasteiger partial charge in [-0.3, -0.25) is 4.21 Å². The fourth-order valence-electron chi connectivity index (χ4n) is 2.53. The lowest BCUT2D eigenvalue weighted by Gasteiger charge is -2.11. The van der Waals surface area contributed by atoms with Crippen molar-refractivity contribution < 1.29 is 4.21 Å². The van der Waals surface area contributed by atoms with Crippen LogP contribution in [0, 0.1) is 6.92 Å². The third kappa shape index (κ3) is 5.36. The molecule has 0 saturated carbocycles. The normalized spacial score (nSPS) is 13.5. The summed E-state index contributed by atoms with van der Waals surface area (Å²) >= 11 is 6.33. The van der Waals surface area contributed by atoms with Crippen LogP contribution in [0.2, 0.25) is 0 Å². The van der Waals surface area contributed by atoms with E-state index in [4.69, 9.17) is 11.6 Å². The average Bonchev–Trinajstić information content (AvgIpc) is 2.59. The van der Waals surface area contributed by atoms with Crippen molar-refractivity contribution in [2.45, 2.75) is 42.2 Å². The molecular formula is C19H24ClNOS. The van der Waals surface area contributed by atoms with Crippen LogP contribution in [-0.4, -0.2) is 16.0 Å². The van der Waals surface area contributed by atoms with Crippen LogP contribution in [0.3, 0.4) is 0 Å². The van der Waals surface area contributed by atoms with Gasteiger partial charge in [0.25, 0.3) is 0 Å². The Morgan fingerprint density at radius 2 is 1.78 bits per heavy atom. The first kappa shape index (κ1) is 18.0. The summed E-state index contributed by atoms with van der Waals surface area (Å²) in [6.45, 7) is 2.02. The molecule has 2 unspecified atom stereocenters. The Bertz CT molecular complexity index is 642. The van der Waals surface area contributed by atoms with E-state index in [0.717, 1.165) is 30.6 Å². The lowest BCUT2D eigenvalue weighted by molar-refractivity contribution is 0.663. The zero-order valence-electron chi connectivity index (χ0n) is 13.7. The molecule has 2 aromatic carbocycles. The molecule has 0 amide bonds. The minimum atomic E-state index is -1.14. The molecule has 0 aromatic heterocycles. The van der Waals surface area contributed by atoms with Crippen molar-refractivity contribution in [1.29, 1.82) is 0 Å². The van der Waals surface area contributed by atoms with Gasteiger partial charge in [0, 0.05) is 17.6 Å². The highest BCUT2D eigenvalue weighted by atomic mass is 35.5. The van der Waals surface area contributed by atoms with Gasteiger partial charge in [-0.2, -0.15) is 0 Å². The summed E-state index contributed by atoms with van der Waals surface area (Å²) in [5.41, 5.74) is 3.67. The van der Waals surface area contributed by atoms with Gasteiger partial charge in [0.2, 0.25) is 0 Å². The second kappa shape index (κ2) is 9.09. The molecule has 0 aliphatic carbocycles. The highest BCUT2D eigenvalue weighted by Gasteiger charge is 2.15. The third-order valence-corrected chi connectivity index (χ3v) is 6.04. The minimum absolute atomic E-state index is 0.322. The fourth-order valence-corrected chi connectivity index (χ4v) is 4.07. The summed E-state index contributed by atoms with van der Waals surface area (Å²) in [5.74, 6) is 0. The van der Waals surface area contributed by atoms with Crippen molar-refractivity contribution in [3.05, 3.63) is 59.7 Å². The number of unbranched alkanes of at least 4 members (excludes halogenated alkanes) is 1. The lowest BCUT2D eigenvalue weighted by atomic mass is 10.1. The zero-order chi connectivity index (χ0) is 16.7. The van der Waals surface area contributed by atoms with Gasteiger partial charge in [-0.1, -0.05) is 42.3 Å². The second-order valence-corrected chi connectivity index (χ2v) is 8.09. The molecule has 2 nitrogen and oxygen atoms in total. The quantitative estimate of drug-likeness (QED) is 0.529. The van der Waals surface area contributed by atoms with Gasteiger partial charge in [-0.15, -0.1) is 11.6 Å². The maximum atomic E-state index is 12.4. The van der Waals surface area contributed by atoms with Crippen LogP contribution in [0.4, 0.5) is 5.69 Å². The molecule has 2 rings (SSSR count). The molecule has 0 aliphatic heterocycles. The SMILES string of the molecule is CNc1ccccc1CCCCC(Cl)S(=O)c1ccc(C)cc1. The van der Waals surface area contributed by atoms with Gasteiger partial charge in [0.1, 0.15) is 4.71 Å². The number of halogens is 1. The molecule has 2 atom stereocenters. The predicted octanol–water partition coefficient (Wildman–Crippen LogP) is 5.12. The number of alkyl halides is 1. The molecule has 1 N–H and O–H groups in total. The van der Waals surface area contributed by atoms with Gasteiger partial charge in [-0.05, 0) is 49.9 Å². The van der Waals surface area contributed by atoms with Crippen molar-refractivity contribution >= 4 is 28.1 Å².